The first-order valence-corrected chi connectivity index (χ1v) is 35.3. The number of rotatable bonds is 14. The van der Waals surface area contributed by atoms with Crippen LogP contribution in [0, 0.1) is 6.42 Å². The molecule has 2 aliphatic carbocycles. The zero-order valence-corrected chi connectivity index (χ0v) is 51.4. The Morgan fingerprint density at radius 3 is 1.76 bits per heavy atom. The zero-order chi connectivity index (χ0) is 55.7. The molecule has 402 valence electrons. The van der Waals surface area contributed by atoms with Crippen LogP contribution in [-0.4, -0.2) is 57.6 Å². The van der Waals surface area contributed by atoms with Gasteiger partial charge >= 0.3 is 30.0 Å². The van der Waals surface area contributed by atoms with Gasteiger partial charge < -0.3 is 29.7 Å². The molecule has 0 aliphatic heterocycles. The Balaban J connectivity index is 0.000000188. The molecule has 0 atom stereocenters. The number of hydrogen-bond acceptors (Lipinski definition) is 13. The molecular formula is C54H48Br2Cl2N6O11S2Zn. The molecule has 0 bridgehead atoms. The van der Waals surface area contributed by atoms with E-state index in [1.807, 2.05) is 6.07 Å². The summed E-state index contributed by atoms with van der Waals surface area (Å²) in [6.07, 6.45) is 12.4. The number of ether oxygens (including phenoxy) is 3. The summed E-state index contributed by atoms with van der Waals surface area (Å²) < 4.78 is 86.3. The molecule has 2 aliphatic rings. The maximum absolute atomic E-state index is 13.9. The van der Waals surface area contributed by atoms with Crippen molar-refractivity contribution >= 4 is 106 Å². The fourth-order valence-electron chi connectivity index (χ4n) is 8.37. The Bertz CT molecular complexity index is 3920. The van der Waals surface area contributed by atoms with E-state index in [2.05, 4.69) is 55.5 Å². The summed E-state index contributed by atoms with van der Waals surface area (Å²) in [4.78, 5) is 25.9. The van der Waals surface area contributed by atoms with Crippen molar-refractivity contribution in [2.24, 2.45) is 0 Å². The standard InChI is InChI=1S/C27H21BrClN3O6S.C23H20ClN3O5S.C4H7.BrH.Zn/c1-36-19-6-3-17(4-7-19)16-31(26-11-12-38-30-26)39(34,35)20-8-9-23-18(13-20)5-10-27(33)32(23)24-15-22(29)21(28)14-25(24)37-2;1-31-21-12-17(14-3-2-4-14)18(24)13-20(21)27-19-7-6-16(11-15(19)5-8-23(27)28)33(29,30)26-22-9-10-32-25-22;1-2-4-3-1;;/h3-15H,16H2,1-2H3;5-14H,2-4H2,1H3,(H,25,26);1H,2-4H2;1H;/q;;-1;;+2/p-1. The van der Waals surface area contributed by atoms with E-state index in [1.165, 1.54) is 119 Å². The van der Waals surface area contributed by atoms with Crippen molar-refractivity contribution < 1.29 is 56.4 Å². The third kappa shape index (κ3) is 12.9. The second-order valence-electron chi connectivity index (χ2n) is 17.5. The number of nitrogens with zero attached hydrogens (tertiary/aromatic N) is 5. The summed E-state index contributed by atoms with van der Waals surface area (Å²) in [5.74, 6) is 2.19. The number of methoxy groups -OCH3 is 3. The summed E-state index contributed by atoms with van der Waals surface area (Å²) in [5.41, 5.74) is 3.02. The number of halogens is 4. The first-order valence-electron chi connectivity index (χ1n) is 23.9. The topological polar surface area (TPSA) is 207 Å². The van der Waals surface area contributed by atoms with Crippen molar-refractivity contribution in [3.8, 4) is 28.6 Å². The SMILES string of the molecule is COc1cc(C2CCC2)c(Cl)cc1-n1c(=O)ccc2cc(S(=O)(=O)Nc3ccon3)ccc21.COc1ccc(CN(c2ccon2)S(=O)(=O)c2ccc3c(ccc(=O)n3-c3cc(Cl)c(Br)cc3OC)c2)cc1.[CH-]1CCC1.[Zn+][Br]. The van der Waals surface area contributed by atoms with E-state index in [0.717, 1.165) is 28.3 Å². The molecule has 2 saturated carbocycles. The number of benzene rings is 5. The predicted octanol–water partition coefficient (Wildman–Crippen LogP) is 12.7. The van der Waals surface area contributed by atoms with Gasteiger partial charge in [-0.3, -0.25) is 23.4 Å². The number of anilines is 2. The van der Waals surface area contributed by atoms with E-state index in [4.69, 9.17) is 41.9 Å². The molecule has 4 aromatic heterocycles. The average Bonchev–Trinajstić information content (AvgIpc) is 4.17. The minimum atomic E-state index is -4.10. The van der Waals surface area contributed by atoms with Crippen LogP contribution in [0.5, 0.6) is 17.2 Å². The summed E-state index contributed by atoms with van der Waals surface area (Å²) in [6, 6.07) is 31.8. The van der Waals surface area contributed by atoms with Gasteiger partial charge in [-0.25, -0.2) is 21.1 Å². The third-order valence-electron chi connectivity index (χ3n) is 12.8. The Morgan fingerprint density at radius 1 is 0.692 bits per heavy atom. The monoisotopic (exact) mass is 1310 g/mol. The molecule has 11 rings (SSSR count). The van der Waals surface area contributed by atoms with E-state index in [1.54, 1.807) is 80.9 Å². The molecule has 9 aromatic rings. The van der Waals surface area contributed by atoms with Gasteiger partial charge in [0.15, 0.2) is 11.6 Å². The van der Waals surface area contributed by atoms with Crippen LogP contribution in [0.4, 0.5) is 11.6 Å². The van der Waals surface area contributed by atoms with Crippen molar-refractivity contribution in [3.05, 3.63) is 187 Å². The number of aromatic nitrogens is 4. The fraction of sp³-hybridized carbons (Fsp3) is 0.204. The molecule has 1 N–H and O–H groups in total. The Morgan fingerprint density at radius 2 is 1.24 bits per heavy atom. The molecule has 0 amide bonds. The summed E-state index contributed by atoms with van der Waals surface area (Å²) in [5, 5.41) is 9.48. The molecule has 2 fully saturated rings. The number of pyridine rings is 2. The molecule has 0 saturated heterocycles. The van der Waals surface area contributed by atoms with Gasteiger partial charge in [-0.1, -0.05) is 52.1 Å². The van der Waals surface area contributed by atoms with Gasteiger partial charge in [0.1, 0.15) is 29.8 Å². The van der Waals surface area contributed by atoms with Crippen molar-refractivity contribution in [1.82, 2.24) is 19.4 Å². The Kier molecular flexibility index (Phi) is 19.3. The van der Waals surface area contributed by atoms with Gasteiger partial charge in [-0.05, 0) is 131 Å². The molecule has 17 nitrogen and oxygen atoms in total. The van der Waals surface area contributed by atoms with E-state index in [0.29, 0.717) is 70.9 Å². The predicted molar refractivity (Wildman–Crippen MR) is 304 cm³/mol. The van der Waals surface area contributed by atoms with Crippen molar-refractivity contribution in [2.45, 2.75) is 60.8 Å². The first-order chi connectivity index (χ1) is 37.6. The third-order valence-corrected chi connectivity index (χ3v) is 17.5. The second-order valence-corrected chi connectivity index (χ2v) is 22.7. The number of fused-ring (bicyclic) bond motifs is 2. The summed E-state index contributed by atoms with van der Waals surface area (Å²) in [7, 11) is -3.41. The van der Waals surface area contributed by atoms with Gasteiger partial charge in [-0.15, -0.1) is 6.42 Å². The molecule has 0 radical (unpaired) electrons. The average molecular weight is 1320 g/mol. The Hall–Kier alpha value is -6.00. The number of sulfonamides is 2. The minimum absolute atomic E-state index is 0.00495. The van der Waals surface area contributed by atoms with Crippen LogP contribution in [0.2, 0.25) is 10.0 Å². The molecular weight excluding hydrogens is 1270 g/mol. The summed E-state index contributed by atoms with van der Waals surface area (Å²) in [6.45, 7) is 0.00495. The van der Waals surface area contributed by atoms with E-state index < -0.39 is 20.0 Å². The number of hydrogen-bond donors (Lipinski definition) is 1. The van der Waals surface area contributed by atoms with Crippen molar-refractivity contribution in [1.29, 1.82) is 0 Å². The van der Waals surface area contributed by atoms with Gasteiger partial charge in [0.05, 0.1) is 65.1 Å². The second kappa shape index (κ2) is 25.9. The van der Waals surface area contributed by atoms with Crippen LogP contribution >= 0.6 is 52.8 Å². The van der Waals surface area contributed by atoms with Crippen molar-refractivity contribution in [2.75, 3.05) is 30.4 Å². The molecule has 0 unspecified atom stereocenters. The van der Waals surface area contributed by atoms with Gasteiger partial charge in [0.25, 0.3) is 31.2 Å². The molecule has 24 heteroatoms. The van der Waals surface area contributed by atoms with Crippen LogP contribution in [0.25, 0.3) is 33.2 Å². The van der Waals surface area contributed by atoms with Gasteiger partial charge in [0, 0.05) is 44.5 Å². The van der Waals surface area contributed by atoms with Gasteiger partial charge in [0.2, 0.25) is 0 Å². The molecule has 78 heavy (non-hydrogen) atoms. The first kappa shape index (κ1) is 58.2. The molecule has 5 aromatic carbocycles. The van der Waals surface area contributed by atoms with Crippen LogP contribution in [0.3, 0.4) is 0 Å². The van der Waals surface area contributed by atoms with E-state index in [-0.39, 0.29) is 39.1 Å². The molecule has 0 spiro atoms. The van der Waals surface area contributed by atoms with E-state index in [9.17, 15) is 26.4 Å². The fourth-order valence-corrected chi connectivity index (χ4v) is 11.6. The van der Waals surface area contributed by atoms with Crippen LogP contribution in [0.1, 0.15) is 55.6 Å². The van der Waals surface area contributed by atoms with Crippen LogP contribution < -0.4 is 34.4 Å². The molecule has 4 heterocycles. The van der Waals surface area contributed by atoms with Crippen LogP contribution in [0.15, 0.2) is 167 Å². The van der Waals surface area contributed by atoms with Crippen molar-refractivity contribution in [3.63, 3.8) is 0 Å². The van der Waals surface area contributed by atoms with Gasteiger partial charge in [-0.2, -0.15) is 12.8 Å². The Labute approximate surface area is 484 Å². The summed E-state index contributed by atoms with van der Waals surface area (Å²) >= 11 is 20.5. The number of nitrogens with one attached hydrogen (secondary N) is 1. The quantitative estimate of drug-likeness (QED) is 0.0795. The van der Waals surface area contributed by atoms with E-state index >= 15 is 0 Å². The van der Waals surface area contributed by atoms with Crippen LogP contribution in [-0.2, 0) is 42.9 Å². The normalized spacial score (nSPS) is 13.1. The maximum atomic E-state index is 13.9. The zero-order valence-electron chi connectivity index (χ0n) is 42.1.